The summed E-state index contributed by atoms with van der Waals surface area (Å²) in [6.07, 6.45) is 4.31. The van der Waals surface area contributed by atoms with E-state index < -0.39 is 18.9 Å². The number of amides is 2. The van der Waals surface area contributed by atoms with Crippen LogP contribution in [0.3, 0.4) is 0 Å². The van der Waals surface area contributed by atoms with Gasteiger partial charge >= 0.3 is 19.1 Å². The highest BCUT2D eigenvalue weighted by Gasteiger charge is 2.40. The Bertz CT molecular complexity index is 1000. The second kappa shape index (κ2) is 14.3. The molecule has 3 rings (SSSR count). The van der Waals surface area contributed by atoms with Gasteiger partial charge in [0.2, 0.25) is 0 Å². The molecular formula is C26H39BN4O7. The lowest BCUT2D eigenvalue weighted by atomic mass is 9.63. The second-order valence-corrected chi connectivity index (χ2v) is 10.3. The van der Waals surface area contributed by atoms with E-state index in [4.69, 9.17) is 16.1 Å². The lowest BCUT2D eigenvalue weighted by Crippen LogP contribution is -2.52. The molecule has 1 heterocycles. The lowest BCUT2D eigenvalue weighted by molar-refractivity contribution is -0.121. The standard InChI is InChI=1S/C26H39BN4O7/c28-8-2-5-21(32)6-3-11-31(26(36)30-10-9-29)20-12-17(13-20)14-22(33)16-19-15-18-4-1-7-23(25(34)35)24(18)38-27(19)37/h1,4,7,17,19-20,37H,2-3,5-6,8-16,28-29H2,(H,30,36)(H,34,35)/t17?,19-,20?/m1/s1. The summed E-state index contributed by atoms with van der Waals surface area (Å²) >= 11 is 0. The van der Waals surface area contributed by atoms with Crippen LogP contribution in [0.2, 0.25) is 5.82 Å². The quantitative estimate of drug-likeness (QED) is 0.209. The molecule has 0 bridgehead atoms. The number of para-hydroxylation sites is 1. The smallest absolute Gasteiger partial charge is 0.526 e. The molecule has 1 aliphatic heterocycles. The summed E-state index contributed by atoms with van der Waals surface area (Å²) in [4.78, 5) is 50.7. The highest BCUT2D eigenvalue weighted by atomic mass is 16.5. The molecule has 0 unspecified atom stereocenters. The van der Waals surface area contributed by atoms with Crippen LogP contribution in [-0.4, -0.2) is 77.9 Å². The van der Waals surface area contributed by atoms with Gasteiger partial charge in [-0.2, -0.15) is 0 Å². The maximum absolute atomic E-state index is 12.8. The molecule has 7 N–H and O–H groups in total. The van der Waals surface area contributed by atoms with E-state index in [-0.39, 0.29) is 47.3 Å². The monoisotopic (exact) mass is 530 g/mol. The summed E-state index contributed by atoms with van der Waals surface area (Å²) in [5, 5.41) is 22.6. The Morgan fingerprint density at radius 3 is 2.47 bits per heavy atom. The van der Waals surface area contributed by atoms with Gasteiger partial charge in [-0.05, 0) is 56.2 Å². The normalized spacial score (nSPS) is 20.1. The van der Waals surface area contributed by atoms with E-state index in [9.17, 15) is 29.3 Å². The second-order valence-electron chi connectivity index (χ2n) is 10.3. The van der Waals surface area contributed by atoms with E-state index in [1.165, 1.54) is 6.07 Å². The number of urea groups is 1. The van der Waals surface area contributed by atoms with Crippen LogP contribution >= 0.6 is 0 Å². The third-order valence-electron chi connectivity index (χ3n) is 7.30. The van der Waals surface area contributed by atoms with Crippen molar-refractivity contribution in [1.29, 1.82) is 0 Å². The number of carbonyl (C=O) groups is 4. The minimum absolute atomic E-state index is 0.00331. The number of carbonyl (C=O) groups excluding carboxylic acids is 3. The highest BCUT2D eigenvalue weighted by molar-refractivity contribution is 6.47. The van der Waals surface area contributed by atoms with Gasteiger partial charge in [-0.15, -0.1) is 0 Å². The molecule has 2 aliphatic rings. The molecule has 1 saturated carbocycles. The van der Waals surface area contributed by atoms with Crippen LogP contribution in [0.15, 0.2) is 18.2 Å². The van der Waals surface area contributed by atoms with Crippen LogP contribution in [0.1, 0.15) is 67.3 Å². The number of hydrogen-bond acceptors (Lipinski definition) is 8. The first-order chi connectivity index (χ1) is 18.2. The third-order valence-corrected chi connectivity index (χ3v) is 7.30. The minimum atomic E-state index is -1.25. The number of rotatable bonds is 15. The highest BCUT2D eigenvalue weighted by Crippen LogP contribution is 2.39. The number of nitrogens with two attached hydrogens (primary N) is 2. The number of Topliss-reactive ketones (excluding diaryl/α,β-unsaturated/α-hetero) is 2. The summed E-state index contributed by atoms with van der Waals surface area (Å²) in [6.45, 7) is 1.63. The molecule has 0 spiro atoms. The van der Waals surface area contributed by atoms with Crippen LogP contribution in [0.4, 0.5) is 4.79 Å². The lowest BCUT2D eigenvalue weighted by Gasteiger charge is -2.43. The van der Waals surface area contributed by atoms with Crippen molar-refractivity contribution >= 4 is 30.7 Å². The van der Waals surface area contributed by atoms with E-state index in [1.54, 1.807) is 17.0 Å². The van der Waals surface area contributed by atoms with Gasteiger partial charge < -0.3 is 36.5 Å². The molecule has 12 heteroatoms. The average Bonchev–Trinajstić information content (AvgIpc) is 2.86. The first kappa shape index (κ1) is 29.6. The zero-order chi connectivity index (χ0) is 27.7. The Labute approximate surface area is 223 Å². The molecular weight excluding hydrogens is 491 g/mol. The summed E-state index contributed by atoms with van der Waals surface area (Å²) in [5.41, 5.74) is 11.6. The number of nitrogens with zero attached hydrogens (tertiary/aromatic N) is 1. The molecule has 0 aromatic heterocycles. The fourth-order valence-corrected chi connectivity index (χ4v) is 5.25. The number of benzene rings is 1. The van der Waals surface area contributed by atoms with E-state index in [1.807, 2.05) is 0 Å². The van der Waals surface area contributed by atoms with Gasteiger partial charge in [-0.25, -0.2) is 9.59 Å². The first-order valence-corrected chi connectivity index (χ1v) is 13.4. The predicted molar refractivity (Wildman–Crippen MR) is 142 cm³/mol. The summed E-state index contributed by atoms with van der Waals surface area (Å²) in [7, 11) is -1.25. The molecule has 2 amide bonds. The number of fused-ring (bicyclic) bond motifs is 1. The summed E-state index contributed by atoms with van der Waals surface area (Å²) < 4.78 is 5.50. The fourth-order valence-electron chi connectivity index (χ4n) is 5.25. The SMILES string of the molecule is NCCCC(=O)CCCN(C(=O)NCCN)C1CC(CC(=O)C[C@H]2Cc3cccc(C(=O)O)c3OB2O)C1. The summed E-state index contributed by atoms with van der Waals surface area (Å²) in [6, 6.07) is 4.59. The Morgan fingerprint density at radius 1 is 1.05 bits per heavy atom. The van der Waals surface area contributed by atoms with Gasteiger partial charge in [0.25, 0.3) is 0 Å². The van der Waals surface area contributed by atoms with E-state index in [2.05, 4.69) is 5.32 Å². The van der Waals surface area contributed by atoms with Crippen LogP contribution in [-0.2, 0) is 16.0 Å². The molecule has 11 nitrogen and oxygen atoms in total. The van der Waals surface area contributed by atoms with Crippen molar-refractivity contribution in [2.24, 2.45) is 17.4 Å². The predicted octanol–water partition coefficient (Wildman–Crippen LogP) is 1.36. The van der Waals surface area contributed by atoms with Gasteiger partial charge in [-0.1, -0.05) is 12.1 Å². The molecule has 1 fully saturated rings. The van der Waals surface area contributed by atoms with Gasteiger partial charge in [-0.3, -0.25) is 9.59 Å². The van der Waals surface area contributed by atoms with Crippen LogP contribution in [0.25, 0.3) is 0 Å². The minimum Gasteiger partial charge on any atom is -0.535 e. The Kier molecular flexibility index (Phi) is 11.1. The Morgan fingerprint density at radius 2 is 1.79 bits per heavy atom. The largest absolute Gasteiger partial charge is 0.535 e. The van der Waals surface area contributed by atoms with Gasteiger partial charge in [0.05, 0.1) is 5.56 Å². The first-order valence-electron chi connectivity index (χ1n) is 13.4. The molecule has 0 saturated heterocycles. The topological polar surface area (TPSA) is 185 Å². The van der Waals surface area contributed by atoms with E-state index >= 15 is 0 Å². The van der Waals surface area contributed by atoms with Crippen molar-refractivity contribution in [2.45, 2.75) is 69.6 Å². The number of ketones is 2. The number of carboxylic acid groups (broad SMARTS) is 1. The number of nitrogens with one attached hydrogen (secondary N) is 1. The van der Waals surface area contributed by atoms with Crippen molar-refractivity contribution in [3.8, 4) is 5.75 Å². The number of carboxylic acids is 1. The Hall–Kier alpha value is -2.96. The van der Waals surface area contributed by atoms with Gasteiger partial charge in [0.1, 0.15) is 17.3 Å². The average molecular weight is 530 g/mol. The van der Waals surface area contributed by atoms with E-state index in [0.29, 0.717) is 83.1 Å². The molecule has 38 heavy (non-hydrogen) atoms. The maximum atomic E-state index is 12.8. The summed E-state index contributed by atoms with van der Waals surface area (Å²) in [5.74, 6) is -1.14. The van der Waals surface area contributed by atoms with Crippen LogP contribution in [0, 0.1) is 5.92 Å². The van der Waals surface area contributed by atoms with Crippen molar-refractivity contribution in [3.63, 3.8) is 0 Å². The molecule has 1 aromatic carbocycles. The van der Waals surface area contributed by atoms with Gasteiger partial charge in [0.15, 0.2) is 0 Å². The third kappa shape index (κ3) is 8.02. The molecule has 0 radical (unpaired) electrons. The number of aromatic carboxylic acids is 1. The molecule has 1 atom stereocenters. The van der Waals surface area contributed by atoms with Crippen molar-refractivity contribution in [1.82, 2.24) is 10.2 Å². The fraction of sp³-hybridized carbons (Fsp3) is 0.615. The van der Waals surface area contributed by atoms with Crippen molar-refractivity contribution < 1.29 is 34.0 Å². The van der Waals surface area contributed by atoms with Crippen LogP contribution < -0.4 is 21.4 Å². The maximum Gasteiger partial charge on any atom is 0.526 e. The zero-order valence-electron chi connectivity index (χ0n) is 21.8. The molecule has 208 valence electrons. The van der Waals surface area contributed by atoms with Gasteiger partial charge in [0, 0.05) is 57.2 Å². The molecule has 1 aromatic rings. The van der Waals surface area contributed by atoms with Crippen molar-refractivity contribution in [2.75, 3.05) is 26.2 Å². The van der Waals surface area contributed by atoms with E-state index in [0.717, 1.165) is 0 Å². The number of hydrogen-bond donors (Lipinski definition) is 5. The Balaban J connectivity index is 1.48. The van der Waals surface area contributed by atoms with Crippen molar-refractivity contribution in [3.05, 3.63) is 29.3 Å². The van der Waals surface area contributed by atoms with Crippen LogP contribution in [0.5, 0.6) is 5.75 Å². The zero-order valence-corrected chi connectivity index (χ0v) is 21.8. The molecule has 1 aliphatic carbocycles.